The minimum absolute atomic E-state index is 0.225. The van der Waals surface area contributed by atoms with Crippen LogP contribution < -0.4 is 11.3 Å². The zero-order valence-corrected chi connectivity index (χ0v) is 10.3. The van der Waals surface area contributed by atoms with E-state index in [1.54, 1.807) is 11.8 Å². The van der Waals surface area contributed by atoms with Crippen molar-refractivity contribution in [1.29, 1.82) is 0 Å². The number of aromatic nitrogens is 2. The lowest BCUT2D eigenvalue weighted by Crippen LogP contribution is -2.48. The van der Waals surface area contributed by atoms with Crippen molar-refractivity contribution in [2.24, 2.45) is 5.84 Å². The van der Waals surface area contributed by atoms with Gasteiger partial charge in [0.25, 0.3) is 5.91 Å². The van der Waals surface area contributed by atoms with Crippen molar-refractivity contribution in [2.45, 2.75) is 25.4 Å². The largest absolute Gasteiger partial charge is 0.388 e. The Morgan fingerprint density at radius 2 is 2.39 bits per heavy atom. The molecule has 1 unspecified atom stereocenters. The van der Waals surface area contributed by atoms with Gasteiger partial charge < -0.3 is 15.4 Å². The highest BCUT2D eigenvalue weighted by molar-refractivity contribution is 5.92. The van der Waals surface area contributed by atoms with Crippen LogP contribution in [0.1, 0.15) is 30.3 Å². The lowest BCUT2D eigenvalue weighted by molar-refractivity contribution is -0.0109. The van der Waals surface area contributed by atoms with Gasteiger partial charge in [0.05, 0.1) is 18.0 Å². The number of aliphatic hydroxyl groups is 1. The molecule has 1 aromatic rings. The van der Waals surface area contributed by atoms with E-state index < -0.39 is 5.60 Å². The van der Waals surface area contributed by atoms with Gasteiger partial charge in [-0.15, -0.1) is 0 Å². The fourth-order valence-corrected chi connectivity index (χ4v) is 2.09. The number of nitrogen functional groups attached to an aromatic ring is 1. The molecule has 2 heterocycles. The average Bonchev–Trinajstić information content (AvgIpc) is 2.37. The predicted molar refractivity (Wildman–Crippen MR) is 65.6 cm³/mol. The van der Waals surface area contributed by atoms with Crippen molar-refractivity contribution in [3.63, 3.8) is 0 Å². The third kappa shape index (κ3) is 2.74. The zero-order chi connectivity index (χ0) is 13.2. The van der Waals surface area contributed by atoms with E-state index in [0.29, 0.717) is 25.3 Å². The molecule has 0 radical (unpaired) electrons. The molecule has 7 heteroatoms. The summed E-state index contributed by atoms with van der Waals surface area (Å²) in [5.74, 6) is 5.32. The van der Waals surface area contributed by atoms with Gasteiger partial charge in [-0.25, -0.2) is 10.8 Å². The molecule has 1 fully saturated rings. The number of rotatable bonds is 2. The topological polar surface area (TPSA) is 104 Å². The Kier molecular flexibility index (Phi) is 3.44. The summed E-state index contributed by atoms with van der Waals surface area (Å²) in [7, 11) is 0. The number of amides is 1. The van der Waals surface area contributed by atoms with Crippen LogP contribution in [0.3, 0.4) is 0 Å². The van der Waals surface area contributed by atoms with Crippen molar-refractivity contribution in [1.82, 2.24) is 14.9 Å². The number of β-amino-alcohol motifs (C(OH)–C–C–N with tert-alkyl or cyclic N) is 1. The normalized spacial score (nSPS) is 23.8. The lowest BCUT2D eigenvalue weighted by Gasteiger charge is -2.36. The standard InChI is InChI=1S/C11H17N5O2/c1-11(18)3-2-4-16(7-11)10(17)8-5-13-6-9(14-8)15-12/h5-6,18H,2-4,7,12H2,1H3,(H,14,15). The van der Waals surface area contributed by atoms with Gasteiger partial charge >= 0.3 is 0 Å². The molecule has 1 atom stereocenters. The van der Waals surface area contributed by atoms with E-state index in [0.717, 1.165) is 6.42 Å². The molecule has 2 rings (SSSR count). The number of carbonyl (C=O) groups excluding carboxylic acids is 1. The Labute approximate surface area is 105 Å². The number of anilines is 1. The molecule has 98 valence electrons. The van der Waals surface area contributed by atoms with E-state index in [4.69, 9.17) is 5.84 Å². The number of hydrogen-bond acceptors (Lipinski definition) is 6. The number of hydrogen-bond donors (Lipinski definition) is 3. The van der Waals surface area contributed by atoms with Crippen LogP contribution in [0.5, 0.6) is 0 Å². The van der Waals surface area contributed by atoms with Gasteiger partial charge in [0.1, 0.15) is 5.69 Å². The molecule has 0 aliphatic carbocycles. The zero-order valence-electron chi connectivity index (χ0n) is 10.3. The Morgan fingerprint density at radius 3 is 3.06 bits per heavy atom. The second-order valence-electron chi connectivity index (χ2n) is 4.76. The SMILES string of the molecule is CC1(O)CCCN(C(=O)c2cncc(NN)n2)C1. The summed E-state index contributed by atoms with van der Waals surface area (Å²) in [5.41, 5.74) is 1.74. The van der Waals surface area contributed by atoms with Gasteiger partial charge in [-0.2, -0.15) is 0 Å². The first-order valence-electron chi connectivity index (χ1n) is 5.82. The maximum atomic E-state index is 12.2. The first-order valence-corrected chi connectivity index (χ1v) is 5.82. The number of hydrazine groups is 1. The van der Waals surface area contributed by atoms with Crippen LogP contribution in [-0.4, -0.2) is 44.6 Å². The average molecular weight is 251 g/mol. The quantitative estimate of drug-likeness (QED) is 0.494. The van der Waals surface area contributed by atoms with Crippen molar-refractivity contribution < 1.29 is 9.90 Å². The van der Waals surface area contributed by atoms with E-state index >= 15 is 0 Å². The monoisotopic (exact) mass is 251 g/mol. The van der Waals surface area contributed by atoms with Gasteiger partial charge in [-0.1, -0.05) is 0 Å². The van der Waals surface area contributed by atoms with Crippen LogP contribution in [0.2, 0.25) is 0 Å². The van der Waals surface area contributed by atoms with E-state index in [1.807, 2.05) is 0 Å². The molecule has 1 saturated heterocycles. The fraction of sp³-hybridized carbons (Fsp3) is 0.545. The predicted octanol–water partition coefficient (Wildman–Crippen LogP) is -0.251. The second-order valence-corrected chi connectivity index (χ2v) is 4.76. The van der Waals surface area contributed by atoms with Crippen LogP contribution in [0.4, 0.5) is 5.82 Å². The molecule has 0 saturated carbocycles. The van der Waals surface area contributed by atoms with Crippen molar-refractivity contribution in [3.8, 4) is 0 Å². The number of nitrogens with zero attached hydrogens (tertiary/aromatic N) is 3. The summed E-state index contributed by atoms with van der Waals surface area (Å²) >= 11 is 0. The smallest absolute Gasteiger partial charge is 0.274 e. The Hall–Kier alpha value is -1.73. The molecule has 0 bridgehead atoms. The molecule has 1 amide bonds. The van der Waals surface area contributed by atoms with Gasteiger partial charge in [-0.3, -0.25) is 9.78 Å². The minimum Gasteiger partial charge on any atom is -0.388 e. The van der Waals surface area contributed by atoms with E-state index in [1.165, 1.54) is 12.4 Å². The molecule has 0 aromatic carbocycles. The molecule has 1 aliphatic rings. The first-order chi connectivity index (χ1) is 8.52. The maximum Gasteiger partial charge on any atom is 0.274 e. The summed E-state index contributed by atoms with van der Waals surface area (Å²) in [5, 5.41) is 9.98. The third-order valence-electron chi connectivity index (χ3n) is 2.96. The van der Waals surface area contributed by atoms with E-state index in [-0.39, 0.29) is 11.6 Å². The van der Waals surface area contributed by atoms with Crippen LogP contribution in [0.25, 0.3) is 0 Å². The molecule has 0 spiro atoms. The first kappa shape index (κ1) is 12.7. The van der Waals surface area contributed by atoms with Crippen LogP contribution in [0, 0.1) is 0 Å². The van der Waals surface area contributed by atoms with Crippen molar-refractivity contribution in [3.05, 3.63) is 18.1 Å². The van der Waals surface area contributed by atoms with Gasteiger partial charge in [0.15, 0.2) is 5.82 Å². The summed E-state index contributed by atoms with van der Waals surface area (Å²) in [6, 6.07) is 0. The number of nitrogens with two attached hydrogens (primary N) is 1. The lowest BCUT2D eigenvalue weighted by atomic mass is 9.95. The van der Waals surface area contributed by atoms with Gasteiger partial charge in [0, 0.05) is 13.1 Å². The molecular weight excluding hydrogens is 234 g/mol. The minimum atomic E-state index is -0.828. The highest BCUT2D eigenvalue weighted by Gasteiger charge is 2.31. The number of nitrogens with one attached hydrogen (secondary N) is 1. The molecule has 4 N–H and O–H groups in total. The maximum absolute atomic E-state index is 12.2. The third-order valence-corrected chi connectivity index (χ3v) is 2.96. The van der Waals surface area contributed by atoms with Crippen LogP contribution in [-0.2, 0) is 0 Å². The Bertz CT molecular complexity index is 449. The van der Waals surface area contributed by atoms with Gasteiger partial charge in [0.2, 0.25) is 0 Å². The molecule has 7 nitrogen and oxygen atoms in total. The number of piperidine rings is 1. The van der Waals surface area contributed by atoms with Crippen LogP contribution in [0.15, 0.2) is 12.4 Å². The van der Waals surface area contributed by atoms with Crippen molar-refractivity contribution in [2.75, 3.05) is 18.5 Å². The summed E-state index contributed by atoms with van der Waals surface area (Å²) in [4.78, 5) is 21.7. The molecule has 18 heavy (non-hydrogen) atoms. The van der Waals surface area contributed by atoms with E-state index in [9.17, 15) is 9.90 Å². The van der Waals surface area contributed by atoms with Gasteiger partial charge in [-0.05, 0) is 19.8 Å². The van der Waals surface area contributed by atoms with E-state index in [2.05, 4.69) is 15.4 Å². The summed E-state index contributed by atoms with van der Waals surface area (Å²) in [6.45, 7) is 2.67. The van der Waals surface area contributed by atoms with Crippen LogP contribution >= 0.6 is 0 Å². The summed E-state index contributed by atoms with van der Waals surface area (Å²) < 4.78 is 0. The second kappa shape index (κ2) is 4.87. The highest BCUT2D eigenvalue weighted by Crippen LogP contribution is 2.21. The summed E-state index contributed by atoms with van der Waals surface area (Å²) in [6.07, 6.45) is 4.31. The Morgan fingerprint density at radius 1 is 1.61 bits per heavy atom. The fourth-order valence-electron chi connectivity index (χ4n) is 2.09. The number of likely N-dealkylation sites (tertiary alicyclic amines) is 1. The molecule has 1 aromatic heterocycles. The molecular formula is C11H17N5O2. The van der Waals surface area contributed by atoms with Crippen molar-refractivity contribution >= 4 is 11.7 Å². The Balaban J connectivity index is 2.15. The number of carbonyl (C=O) groups is 1. The highest BCUT2D eigenvalue weighted by atomic mass is 16.3. The molecule has 1 aliphatic heterocycles.